The number of nitrogens with one attached hydrogen (secondary N) is 1. The highest BCUT2D eigenvalue weighted by molar-refractivity contribution is 9.10. The molecule has 0 aliphatic carbocycles. The van der Waals surface area contributed by atoms with Crippen LogP contribution in [0, 0.1) is 0 Å². The van der Waals surface area contributed by atoms with Crippen molar-refractivity contribution in [2.24, 2.45) is 0 Å². The SMILES string of the molecule is Brc1ccc2c(-c3ccccc3)c3ccccc3c(-c3ccccc3)c2c1.C.c1ccc(-c2c3ccccc3c(-c3ccccc3)c3cc(-n4c5ccccc5c5ccccc54)ccc23)cc1.c1ccc2c(c1)[nH]c1ccccc12. The fraction of sp³-hybridized carbons (Fsp3) is 0.0130. The lowest BCUT2D eigenvalue weighted by Gasteiger charge is -2.19. The zero-order valence-corrected chi connectivity index (χ0v) is 44.8. The number of aromatic amines is 1. The van der Waals surface area contributed by atoms with Crippen molar-refractivity contribution in [1.82, 2.24) is 9.55 Å². The molecule has 16 rings (SSSR count). The van der Waals surface area contributed by atoms with Crippen molar-refractivity contribution < 1.29 is 0 Å². The highest BCUT2D eigenvalue weighted by Gasteiger charge is 2.20. The van der Waals surface area contributed by atoms with E-state index in [0.29, 0.717) is 0 Å². The van der Waals surface area contributed by atoms with Crippen molar-refractivity contribution in [3.05, 3.63) is 308 Å². The molecular weight excluding hydrogens is 1030 g/mol. The van der Waals surface area contributed by atoms with Gasteiger partial charge in [0.05, 0.1) is 11.0 Å². The smallest absolute Gasteiger partial charge is 0.0541 e. The summed E-state index contributed by atoms with van der Waals surface area (Å²) in [6.45, 7) is 0. The van der Waals surface area contributed by atoms with Crippen molar-refractivity contribution in [1.29, 1.82) is 0 Å². The van der Waals surface area contributed by atoms with E-state index in [9.17, 15) is 0 Å². The zero-order valence-electron chi connectivity index (χ0n) is 43.2. The standard InChI is InChI=1S/C38H25N.C26H17Br.C12H9N.CH4/c1-3-13-26(14-4-1)37-31-19-7-8-20-32(31)38(27-15-5-2-6-16-27)34-25-28(23-24-33(34)37)39-35-21-11-9-17-29(35)30-18-10-12-22-36(30)39;27-20-15-16-23-24(17-20)26(19-11-5-2-6-12-19)22-14-8-7-13-21(22)25(23)18-9-3-1-4-10-18;1-3-7-11-9(5-1)10-6-2-4-8-12(10)13-11;/h1-25H;1-17H;1-8,13H;1H4. The molecule has 2 aromatic heterocycles. The van der Waals surface area contributed by atoms with Crippen molar-refractivity contribution >= 4 is 103 Å². The van der Waals surface area contributed by atoms with Gasteiger partial charge in [0.25, 0.3) is 0 Å². The Hall–Kier alpha value is -9.80. The lowest BCUT2D eigenvalue weighted by atomic mass is 9.86. The van der Waals surface area contributed by atoms with E-state index in [2.05, 4.69) is 329 Å². The number of H-pyrrole nitrogens is 1. The van der Waals surface area contributed by atoms with Gasteiger partial charge in [0, 0.05) is 42.7 Å². The van der Waals surface area contributed by atoms with Crippen LogP contribution in [-0.2, 0) is 0 Å². The van der Waals surface area contributed by atoms with E-state index in [-0.39, 0.29) is 7.43 Å². The van der Waals surface area contributed by atoms with Crippen LogP contribution in [-0.4, -0.2) is 9.55 Å². The maximum Gasteiger partial charge on any atom is 0.0541 e. The molecule has 0 atom stereocenters. The first-order valence-corrected chi connectivity index (χ1v) is 27.7. The Morgan fingerprint density at radius 1 is 0.237 bits per heavy atom. The molecule has 0 saturated heterocycles. The molecule has 2 nitrogen and oxygen atoms in total. The normalized spacial score (nSPS) is 11.2. The van der Waals surface area contributed by atoms with Gasteiger partial charge in [-0.15, -0.1) is 0 Å². The van der Waals surface area contributed by atoms with Crippen molar-refractivity contribution in [2.75, 3.05) is 0 Å². The molecule has 14 aromatic carbocycles. The van der Waals surface area contributed by atoms with Gasteiger partial charge < -0.3 is 9.55 Å². The van der Waals surface area contributed by atoms with Gasteiger partial charge >= 0.3 is 0 Å². The predicted octanol–water partition coefficient (Wildman–Crippen LogP) is 22.5. The van der Waals surface area contributed by atoms with E-state index in [4.69, 9.17) is 0 Å². The van der Waals surface area contributed by atoms with E-state index in [0.717, 1.165) is 4.47 Å². The fourth-order valence-corrected chi connectivity index (χ4v) is 12.5. The number of hydrogen-bond acceptors (Lipinski definition) is 0. The Morgan fingerprint density at radius 3 is 0.925 bits per heavy atom. The second kappa shape index (κ2) is 21.6. The first kappa shape index (κ1) is 49.8. The quantitative estimate of drug-likeness (QED) is 0.166. The molecule has 0 aliphatic rings. The molecule has 0 amide bonds. The van der Waals surface area contributed by atoms with E-state index < -0.39 is 0 Å². The number of para-hydroxylation sites is 4. The van der Waals surface area contributed by atoms with Crippen LogP contribution in [0.15, 0.2) is 308 Å². The number of benzene rings is 14. The number of rotatable bonds is 5. The van der Waals surface area contributed by atoms with Crippen LogP contribution in [0.2, 0.25) is 0 Å². The first-order chi connectivity index (χ1) is 39.2. The molecule has 1 N–H and O–H groups in total. The summed E-state index contributed by atoms with van der Waals surface area (Å²) in [6, 6.07) is 108. The molecule has 0 radical (unpaired) electrons. The van der Waals surface area contributed by atoms with Gasteiger partial charge in [-0.3, -0.25) is 0 Å². The Balaban J connectivity index is 0.000000127. The zero-order chi connectivity index (χ0) is 52.7. The third kappa shape index (κ3) is 8.88. The monoisotopic (exact) mass is 1090 g/mol. The summed E-state index contributed by atoms with van der Waals surface area (Å²) in [5.41, 5.74) is 16.2. The molecule has 0 fully saturated rings. The molecule has 380 valence electrons. The molecule has 80 heavy (non-hydrogen) atoms. The van der Waals surface area contributed by atoms with Gasteiger partial charge in [0.1, 0.15) is 0 Å². The first-order valence-electron chi connectivity index (χ1n) is 26.9. The van der Waals surface area contributed by atoms with Gasteiger partial charge in [0.15, 0.2) is 0 Å². The minimum Gasteiger partial charge on any atom is -0.355 e. The van der Waals surface area contributed by atoms with E-state index in [1.165, 1.54) is 137 Å². The lowest BCUT2D eigenvalue weighted by molar-refractivity contribution is 1.19. The van der Waals surface area contributed by atoms with Gasteiger partial charge in [-0.25, -0.2) is 0 Å². The maximum absolute atomic E-state index is 3.68. The van der Waals surface area contributed by atoms with E-state index in [1.54, 1.807) is 0 Å². The van der Waals surface area contributed by atoms with Crippen LogP contribution >= 0.6 is 15.9 Å². The highest BCUT2D eigenvalue weighted by atomic mass is 79.9. The fourth-order valence-electron chi connectivity index (χ4n) is 12.1. The minimum absolute atomic E-state index is 0. The van der Waals surface area contributed by atoms with Crippen LogP contribution in [0.3, 0.4) is 0 Å². The van der Waals surface area contributed by atoms with Crippen LogP contribution in [0.5, 0.6) is 0 Å². The summed E-state index contributed by atoms with van der Waals surface area (Å²) in [5.74, 6) is 0. The van der Waals surface area contributed by atoms with Crippen LogP contribution in [0.1, 0.15) is 7.43 Å². The number of fused-ring (bicyclic) bond motifs is 10. The van der Waals surface area contributed by atoms with Crippen LogP contribution in [0.4, 0.5) is 0 Å². The summed E-state index contributed by atoms with van der Waals surface area (Å²) in [7, 11) is 0. The van der Waals surface area contributed by atoms with Crippen molar-refractivity contribution in [2.45, 2.75) is 7.43 Å². The Bertz CT molecular complexity index is 4780. The summed E-state index contributed by atoms with van der Waals surface area (Å²) in [6.07, 6.45) is 0. The maximum atomic E-state index is 3.68. The average molecular weight is 1090 g/mol. The largest absolute Gasteiger partial charge is 0.355 e. The summed E-state index contributed by atoms with van der Waals surface area (Å²) < 4.78 is 3.51. The molecular formula is C77H55BrN2. The van der Waals surface area contributed by atoms with Gasteiger partial charge in [-0.05, 0) is 136 Å². The average Bonchev–Trinajstić information content (AvgIpc) is 4.21. The van der Waals surface area contributed by atoms with E-state index >= 15 is 0 Å². The number of halogens is 1. The Kier molecular flexibility index (Phi) is 13.4. The minimum atomic E-state index is 0. The summed E-state index contributed by atoms with van der Waals surface area (Å²) >= 11 is 3.68. The van der Waals surface area contributed by atoms with Gasteiger partial charge in [0.2, 0.25) is 0 Å². The molecule has 0 aliphatic heterocycles. The molecule has 3 heteroatoms. The van der Waals surface area contributed by atoms with Crippen molar-refractivity contribution in [3.8, 4) is 50.2 Å². The highest BCUT2D eigenvalue weighted by Crippen LogP contribution is 2.46. The van der Waals surface area contributed by atoms with Crippen LogP contribution < -0.4 is 0 Å². The second-order valence-electron chi connectivity index (χ2n) is 20.1. The molecule has 16 aromatic rings. The summed E-state index contributed by atoms with van der Waals surface area (Å²) in [4.78, 5) is 3.38. The molecule has 0 saturated carbocycles. The Labute approximate surface area is 474 Å². The third-order valence-corrected chi connectivity index (χ3v) is 16.0. The van der Waals surface area contributed by atoms with Crippen molar-refractivity contribution in [3.63, 3.8) is 0 Å². The molecule has 2 heterocycles. The number of aromatic nitrogens is 2. The van der Waals surface area contributed by atoms with Crippen LogP contribution in [0.25, 0.3) is 137 Å². The van der Waals surface area contributed by atoms with Gasteiger partial charge in [-0.1, -0.05) is 278 Å². The van der Waals surface area contributed by atoms with E-state index in [1.807, 2.05) is 0 Å². The topological polar surface area (TPSA) is 20.7 Å². The molecule has 0 bridgehead atoms. The number of nitrogens with zero attached hydrogens (tertiary/aromatic N) is 1. The third-order valence-electron chi connectivity index (χ3n) is 15.5. The summed E-state index contributed by atoms with van der Waals surface area (Å²) in [5, 5.41) is 15.4. The predicted molar refractivity (Wildman–Crippen MR) is 349 cm³/mol. The number of hydrogen-bond donors (Lipinski definition) is 1. The molecule has 0 unspecified atom stereocenters. The second-order valence-corrected chi connectivity index (χ2v) is 21.0. The van der Waals surface area contributed by atoms with Gasteiger partial charge in [-0.2, -0.15) is 0 Å². The Morgan fingerprint density at radius 2 is 0.525 bits per heavy atom. The lowest BCUT2D eigenvalue weighted by Crippen LogP contribution is -1.96. The molecule has 0 spiro atoms.